The predicted molar refractivity (Wildman–Crippen MR) is 115 cm³/mol. The molecule has 33 heavy (non-hydrogen) atoms. The number of carbonyl (C=O) groups is 3. The molecule has 3 amide bonds. The van der Waals surface area contributed by atoms with Crippen LogP contribution < -0.4 is 19.1 Å². The molecular weight excluding hydrogens is 428 g/mol. The number of fused-ring (bicyclic) bond motifs is 1. The Kier molecular flexibility index (Phi) is 5.21. The van der Waals surface area contributed by atoms with Crippen LogP contribution in [-0.4, -0.2) is 42.6 Å². The second kappa shape index (κ2) is 8.34. The highest BCUT2D eigenvalue weighted by Gasteiger charge is 2.45. The first-order chi connectivity index (χ1) is 16.0. The maximum atomic E-state index is 13.4. The van der Waals surface area contributed by atoms with E-state index >= 15 is 0 Å². The van der Waals surface area contributed by atoms with Crippen molar-refractivity contribution in [3.8, 4) is 17.2 Å². The summed E-state index contributed by atoms with van der Waals surface area (Å²) in [6.07, 6.45) is 1.25. The van der Waals surface area contributed by atoms with Crippen molar-refractivity contribution in [1.82, 2.24) is 4.90 Å². The minimum absolute atomic E-state index is 0.0797. The number of anilines is 1. The van der Waals surface area contributed by atoms with Gasteiger partial charge in [-0.2, -0.15) is 0 Å². The molecule has 0 aliphatic carbocycles. The van der Waals surface area contributed by atoms with Gasteiger partial charge in [-0.15, -0.1) is 0 Å². The van der Waals surface area contributed by atoms with Gasteiger partial charge in [-0.3, -0.25) is 14.4 Å². The van der Waals surface area contributed by atoms with Gasteiger partial charge in [0.25, 0.3) is 11.8 Å². The fraction of sp³-hybridized carbons (Fsp3) is 0.208. The minimum Gasteiger partial charge on any atom is -0.497 e. The van der Waals surface area contributed by atoms with Gasteiger partial charge in [-0.25, -0.2) is 4.90 Å². The molecule has 0 spiro atoms. The van der Waals surface area contributed by atoms with Gasteiger partial charge >= 0.3 is 0 Å². The van der Waals surface area contributed by atoms with Crippen LogP contribution in [-0.2, 0) is 16.1 Å². The monoisotopic (exact) mass is 448 g/mol. The van der Waals surface area contributed by atoms with E-state index in [9.17, 15) is 14.4 Å². The fourth-order valence-electron chi connectivity index (χ4n) is 3.96. The summed E-state index contributed by atoms with van der Waals surface area (Å²) in [6.45, 7) is 0.205. The summed E-state index contributed by atoms with van der Waals surface area (Å²) in [4.78, 5) is 42.0. The van der Waals surface area contributed by atoms with Gasteiger partial charge in [0.15, 0.2) is 17.3 Å². The highest BCUT2D eigenvalue weighted by molar-refractivity contribution is 6.23. The van der Waals surface area contributed by atoms with Crippen LogP contribution in [0.4, 0.5) is 5.69 Å². The smallest absolute Gasteiger partial charge is 0.290 e. The van der Waals surface area contributed by atoms with Crippen molar-refractivity contribution in [1.29, 1.82) is 0 Å². The van der Waals surface area contributed by atoms with Crippen LogP contribution in [0.5, 0.6) is 17.2 Å². The Morgan fingerprint density at radius 2 is 1.88 bits per heavy atom. The molecular formula is C24H20N2O7. The molecule has 0 bridgehead atoms. The summed E-state index contributed by atoms with van der Waals surface area (Å²) in [5.74, 6) is 0.502. The van der Waals surface area contributed by atoms with E-state index in [0.717, 1.165) is 10.5 Å². The van der Waals surface area contributed by atoms with Gasteiger partial charge < -0.3 is 23.5 Å². The van der Waals surface area contributed by atoms with Crippen molar-refractivity contribution >= 4 is 23.4 Å². The van der Waals surface area contributed by atoms with Crippen LogP contribution in [0.2, 0.25) is 0 Å². The van der Waals surface area contributed by atoms with Gasteiger partial charge in [0, 0.05) is 6.54 Å². The number of rotatable bonds is 6. The van der Waals surface area contributed by atoms with E-state index in [1.807, 2.05) is 0 Å². The number of benzene rings is 2. The van der Waals surface area contributed by atoms with E-state index in [1.165, 1.54) is 24.3 Å². The van der Waals surface area contributed by atoms with Crippen molar-refractivity contribution in [2.24, 2.45) is 0 Å². The molecule has 9 nitrogen and oxygen atoms in total. The number of imide groups is 1. The average Bonchev–Trinajstić information content (AvgIpc) is 3.58. The first-order valence-corrected chi connectivity index (χ1v) is 10.3. The number of nitrogens with zero attached hydrogens (tertiary/aromatic N) is 2. The van der Waals surface area contributed by atoms with Crippen LogP contribution in [0.25, 0.3) is 0 Å². The fourth-order valence-corrected chi connectivity index (χ4v) is 3.96. The third kappa shape index (κ3) is 3.78. The predicted octanol–water partition coefficient (Wildman–Crippen LogP) is 2.99. The van der Waals surface area contributed by atoms with Crippen LogP contribution in [0, 0.1) is 0 Å². The van der Waals surface area contributed by atoms with Gasteiger partial charge in [0.05, 0.1) is 25.5 Å². The van der Waals surface area contributed by atoms with Crippen molar-refractivity contribution in [2.75, 3.05) is 18.8 Å². The Balaban J connectivity index is 1.46. The Morgan fingerprint density at radius 3 is 2.61 bits per heavy atom. The first kappa shape index (κ1) is 20.6. The molecule has 2 aliphatic rings. The Morgan fingerprint density at radius 1 is 1.09 bits per heavy atom. The van der Waals surface area contributed by atoms with Crippen molar-refractivity contribution < 1.29 is 33.0 Å². The van der Waals surface area contributed by atoms with Gasteiger partial charge in [-0.05, 0) is 54.1 Å². The lowest BCUT2D eigenvalue weighted by Gasteiger charge is -2.27. The summed E-state index contributed by atoms with van der Waals surface area (Å²) in [6, 6.07) is 14.0. The minimum atomic E-state index is -0.984. The summed E-state index contributed by atoms with van der Waals surface area (Å²) in [7, 11) is 1.53. The molecule has 1 fully saturated rings. The third-order valence-electron chi connectivity index (χ3n) is 5.61. The zero-order valence-corrected chi connectivity index (χ0v) is 17.7. The molecule has 1 atom stereocenters. The summed E-state index contributed by atoms with van der Waals surface area (Å²) >= 11 is 0. The van der Waals surface area contributed by atoms with E-state index in [1.54, 1.807) is 48.5 Å². The van der Waals surface area contributed by atoms with Crippen molar-refractivity contribution in [2.45, 2.75) is 19.0 Å². The third-order valence-corrected chi connectivity index (χ3v) is 5.61. The molecule has 2 aliphatic heterocycles. The highest BCUT2D eigenvalue weighted by Crippen LogP contribution is 2.34. The first-order valence-electron chi connectivity index (χ1n) is 10.3. The van der Waals surface area contributed by atoms with E-state index in [4.69, 9.17) is 18.6 Å². The van der Waals surface area contributed by atoms with Crippen LogP contribution in [0.1, 0.15) is 22.5 Å². The van der Waals surface area contributed by atoms with Crippen molar-refractivity contribution in [3.05, 3.63) is 72.2 Å². The summed E-state index contributed by atoms with van der Waals surface area (Å²) in [5, 5.41) is 0. The number of carbonyl (C=O) groups excluding carboxylic acids is 3. The zero-order valence-electron chi connectivity index (χ0n) is 17.7. The lowest BCUT2D eigenvalue weighted by Crippen LogP contribution is -2.45. The highest BCUT2D eigenvalue weighted by atomic mass is 16.7. The van der Waals surface area contributed by atoms with E-state index in [-0.39, 0.29) is 25.5 Å². The molecule has 0 radical (unpaired) electrons. The number of hydrogen-bond acceptors (Lipinski definition) is 7. The van der Waals surface area contributed by atoms with Gasteiger partial charge in [0.2, 0.25) is 12.7 Å². The zero-order chi connectivity index (χ0) is 22.9. The number of amides is 3. The summed E-state index contributed by atoms with van der Waals surface area (Å²) in [5.41, 5.74) is 1.14. The Bertz CT molecular complexity index is 1200. The number of ether oxygens (including phenoxy) is 3. The summed E-state index contributed by atoms with van der Waals surface area (Å²) < 4.78 is 21.2. The van der Waals surface area contributed by atoms with Crippen LogP contribution in [0.3, 0.4) is 0 Å². The molecule has 0 N–H and O–H groups in total. The standard InChI is InChI=1S/C24H20N2O7/c1-30-17-7-5-16(6-8-17)26-22(27)12-18(23(26)28)25(24(29)20-3-2-10-31-20)13-15-4-9-19-21(11-15)33-14-32-19/h2-11,18H,12-14H2,1H3. The largest absolute Gasteiger partial charge is 0.497 e. The second-order valence-electron chi connectivity index (χ2n) is 7.58. The average molecular weight is 448 g/mol. The lowest BCUT2D eigenvalue weighted by molar-refractivity contribution is -0.122. The molecule has 168 valence electrons. The van der Waals surface area contributed by atoms with Crippen LogP contribution >= 0.6 is 0 Å². The maximum Gasteiger partial charge on any atom is 0.290 e. The maximum absolute atomic E-state index is 13.4. The topological polar surface area (TPSA) is 98.5 Å². The molecule has 9 heteroatoms. The molecule has 1 aromatic heterocycles. The molecule has 3 heterocycles. The van der Waals surface area contributed by atoms with E-state index in [2.05, 4.69) is 0 Å². The molecule has 3 aromatic rings. The normalized spacial score (nSPS) is 16.9. The van der Waals surface area contributed by atoms with Gasteiger partial charge in [-0.1, -0.05) is 6.07 Å². The second-order valence-corrected chi connectivity index (χ2v) is 7.58. The lowest BCUT2D eigenvalue weighted by atomic mass is 10.1. The molecule has 1 unspecified atom stereocenters. The number of methoxy groups -OCH3 is 1. The van der Waals surface area contributed by atoms with Gasteiger partial charge in [0.1, 0.15) is 11.8 Å². The quantitative estimate of drug-likeness (QED) is 0.535. The molecule has 0 saturated carbocycles. The van der Waals surface area contributed by atoms with E-state index in [0.29, 0.717) is 22.9 Å². The number of hydrogen-bond donors (Lipinski definition) is 0. The molecule has 5 rings (SSSR count). The SMILES string of the molecule is COc1ccc(N2C(=O)CC(N(Cc3ccc4c(c3)OCO4)C(=O)c3ccco3)C2=O)cc1. The van der Waals surface area contributed by atoms with Crippen LogP contribution in [0.15, 0.2) is 65.3 Å². The molecule has 2 aromatic carbocycles. The Hall–Kier alpha value is -4.27. The van der Waals surface area contributed by atoms with E-state index < -0.39 is 23.8 Å². The Labute approximate surface area is 189 Å². The molecule has 1 saturated heterocycles. The number of furan rings is 1. The van der Waals surface area contributed by atoms with Crippen molar-refractivity contribution in [3.63, 3.8) is 0 Å².